The van der Waals surface area contributed by atoms with Crippen LogP contribution in [0.1, 0.15) is 5.56 Å². The van der Waals surface area contributed by atoms with Crippen LogP contribution in [0.15, 0.2) is 28.7 Å². The summed E-state index contributed by atoms with van der Waals surface area (Å²) < 4.78 is 1.10. The summed E-state index contributed by atoms with van der Waals surface area (Å²) in [7, 11) is 0. The number of halogens is 3. The third-order valence-corrected chi connectivity index (χ3v) is 3.22. The zero-order valence-electron chi connectivity index (χ0n) is 7.14. The van der Waals surface area contributed by atoms with Gasteiger partial charge in [0.25, 0.3) is 0 Å². The van der Waals surface area contributed by atoms with Crippen molar-refractivity contribution in [2.24, 2.45) is 5.92 Å². The van der Waals surface area contributed by atoms with E-state index in [0.717, 1.165) is 10.9 Å². The van der Waals surface area contributed by atoms with E-state index in [1.165, 1.54) is 5.56 Å². The molecular formula is C10H11BrCl2. The molecule has 0 aromatic heterocycles. The Hall–Kier alpha value is 0.280. The van der Waals surface area contributed by atoms with Crippen LogP contribution in [0.3, 0.4) is 0 Å². The van der Waals surface area contributed by atoms with Crippen molar-refractivity contribution in [3.63, 3.8) is 0 Å². The van der Waals surface area contributed by atoms with E-state index in [-0.39, 0.29) is 0 Å². The number of benzene rings is 1. The largest absolute Gasteiger partial charge is 0.126 e. The van der Waals surface area contributed by atoms with Gasteiger partial charge < -0.3 is 0 Å². The maximum Gasteiger partial charge on any atom is 0.0266 e. The topological polar surface area (TPSA) is 0 Å². The molecule has 0 aliphatic heterocycles. The van der Waals surface area contributed by atoms with Crippen LogP contribution >= 0.6 is 39.1 Å². The van der Waals surface area contributed by atoms with Crippen molar-refractivity contribution in [3.05, 3.63) is 34.3 Å². The molecule has 0 amide bonds. The molecule has 0 bridgehead atoms. The Morgan fingerprint density at radius 2 is 1.92 bits per heavy atom. The fraction of sp³-hybridized carbons (Fsp3) is 0.400. The Morgan fingerprint density at radius 1 is 1.23 bits per heavy atom. The fourth-order valence-electron chi connectivity index (χ4n) is 1.15. The molecule has 0 aliphatic carbocycles. The Bertz CT molecular complexity index is 259. The lowest BCUT2D eigenvalue weighted by Crippen LogP contribution is -2.07. The molecule has 0 aliphatic rings. The minimum absolute atomic E-state index is 0.373. The van der Waals surface area contributed by atoms with E-state index in [1.54, 1.807) is 0 Å². The minimum atomic E-state index is 0.373. The maximum atomic E-state index is 5.76. The molecule has 0 N–H and O–H groups in total. The smallest absolute Gasteiger partial charge is 0.0266 e. The highest BCUT2D eigenvalue weighted by molar-refractivity contribution is 9.10. The van der Waals surface area contributed by atoms with Crippen LogP contribution in [0.25, 0.3) is 0 Å². The summed E-state index contributed by atoms with van der Waals surface area (Å²) in [4.78, 5) is 0. The number of alkyl halides is 2. The van der Waals surface area contributed by atoms with Gasteiger partial charge in [0.1, 0.15) is 0 Å². The Kier molecular flexibility index (Phi) is 5.15. The lowest BCUT2D eigenvalue weighted by molar-refractivity contribution is 0.662. The first-order valence-corrected chi connectivity index (χ1v) is 5.99. The first-order valence-electron chi connectivity index (χ1n) is 4.12. The third-order valence-electron chi connectivity index (χ3n) is 1.85. The first-order chi connectivity index (χ1) is 6.26. The van der Waals surface area contributed by atoms with Crippen LogP contribution in [0.2, 0.25) is 0 Å². The average Bonchev–Trinajstić information content (AvgIpc) is 2.14. The van der Waals surface area contributed by atoms with E-state index in [2.05, 4.69) is 28.1 Å². The third kappa shape index (κ3) is 3.88. The predicted octanol–water partition coefficient (Wildman–Crippen LogP) is 4.09. The highest BCUT2D eigenvalue weighted by Gasteiger charge is 2.06. The van der Waals surface area contributed by atoms with E-state index in [0.29, 0.717) is 17.7 Å². The molecule has 0 heterocycles. The van der Waals surface area contributed by atoms with Crippen molar-refractivity contribution < 1.29 is 0 Å². The van der Waals surface area contributed by atoms with Gasteiger partial charge in [-0.15, -0.1) is 23.2 Å². The number of hydrogen-bond acceptors (Lipinski definition) is 0. The molecule has 0 unspecified atom stereocenters. The van der Waals surface area contributed by atoms with Crippen LogP contribution in [0.4, 0.5) is 0 Å². The molecule has 72 valence electrons. The van der Waals surface area contributed by atoms with Crippen molar-refractivity contribution in [2.75, 3.05) is 11.8 Å². The van der Waals surface area contributed by atoms with Crippen LogP contribution in [-0.2, 0) is 6.42 Å². The summed E-state index contributed by atoms with van der Waals surface area (Å²) in [6, 6.07) is 8.24. The Labute approximate surface area is 97.4 Å². The van der Waals surface area contributed by atoms with E-state index >= 15 is 0 Å². The van der Waals surface area contributed by atoms with Crippen LogP contribution in [0, 0.1) is 5.92 Å². The van der Waals surface area contributed by atoms with E-state index in [4.69, 9.17) is 23.2 Å². The van der Waals surface area contributed by atoms with E-state index in [1.807, 2.05) is 12.1 Å². The van der Waals surface area contributed by atoms with Gasteiger partial charge in [0.05, 0.1) is 0 Å². The molecule has 0 spiro atoms. The molecule has 0 saturated carbocycles. The zero-order valence-corrected chi connectivity index (χ0v) is 10.2. The molecule has 13 heavy (non-hydrogen) atoms. The number of hydrogen-bond donors (Lipinski definition) is 0. The van der Waals surface area contributed by atoms with Gasteiger partial charge >= 0.3 is 0 Å². The molecule has 0 saturated heterocycles. The molecule has 0 fully saturated rings. The predicted molar refractivity (Wildman–Crippen MR) is 62.8 cm³/mol. The highest BCUT2D eigenvalue weighted by Crippen LogP contribution is 2.16. The summed E-state index contributed by atoms with van der Waals surface area (Å²) in [6.07, 6.45) is 0.951. The van der Waals surface area contributed by atoms with Gasteiger partial charge in [-0.2, -0.15) is 0 Å². The normalized spacial score (nSPS) is 10.8. The molecule has 1 aromatic carbocycles. The fourth-order valence-corrected chi connectivity index (χ4v) is 2.14. The van der Waals surface area contributed by atoms with Gasteiger partial charge in [-0.1, -0.05) is 28.1 Å². The Morgan fingerprint density at radius 3 is 2.46 bits per heavy atom. The molecular weight excluding hydrogens is 271 g/mol. The lowest BCUT2D eigenvalue weighted by atomic mass is 10.0. The van der Waals surface area contributed by atoms with Crippen molar-refractivity contribution >= 4 is 39.1 Å². The van der Waals surface area contributed by atoms with Crippen molar-refractivity contribution in [1.29, 1.82) is 0 Å². The second-order valence-electron chi connectivity index (χ2n) is 3.01. The standard InChI is InChI=1S/C10H11BrCl2/c11-10-3-1-2-8(5-10)4-9(6-12)7-13/h1-3,5,9H,4,6-7H2. The Balaban J connectivity index is 2.62. The molecule has 0 radical (unpaired) electrons. The molecule has 0 atom stereocenters. The van der Waals surface area contributed by atoms with Gasteiger partial charge in [0.2, 0.25) is 0 Å². The summed E-state index contributed by atoms with van der Waals surface area (Å²) >= 11 is 15.0. The van der Waals surface area contributed by atoms with Crippen molar-refractivity contribution in [2.45, 2.75) is 6.42 Å². The van der Waals surface area contributed by atoms with Crippen LogP contribution < -0.4 is 0 Å². The lowest BCUT2D eigenvalue weighted by Gasteiger charge is -2.09. The first kappa shape index (κ1) is 11.4. The van der Waals surface area contributed by atoms with Crippen LogP contribution in [-0.4, -0.2) is 11.8 Å². The van der Waals surface area contributed by atoms with Gasteiger partial charge in [-0.25, -0.2) is 0 Å². The molecule has 0 nitrogen and oxygen atoms in total. The monoisotopic (exact) mass is 280 g/mol. The molecule has 1 rings (SSSR count). The maximum absolute atomic E-state index is 5.76. The molecule has 3 heteroatoms. The quantitative estimate of drug-likeness (QED) is 0.730. The zero-order chi connectivity index (χ0) is 9.68. The van der Waals surface area contributed by atoms with Crippen LogP contribution in [0.5, 0.6) is 0 Å². The summed E-state index contributed by atoms with van der Waals surface area (Å²) in [5.74, 6) is 1.61. The van der Waals surface area contributed by atoms with Gasteiger partial charge in [-0.05, 0) is 30.0 Å². The summed E-state index contributed by atoms with van der Waals surface area (Å²) in [5, 5.41) is 0. The van der Waals surface area contributed by atoms with E-state index < -0.39 is 0 Å². The second-order valence-corrected chi connectivity index (χ2v) is 4.54. The second kappa shape index (κ2) is 5.90. The van der Waals surface area contributed by atoms with Crippen molar-refractivity contribution in [1.82, 2.24) is 0 Å². The van der Waals surface area contributed by atoms with Crippen molar-refractivity contribution in [3.8, 4) is 0 Å². The summed E-state index contributed by atoms with van der Waals surface area (Å²) in [5.41, 5.74) is 1.28. The molecule has 1 aromatic rings. The number of rotatable bonds is 4. The highest BCUT2D eigenvalue weighted by atomic mass is 79.9. The van der Waals surface area contributed by atoms with Gasteiger partial charge in [0.15, 0.2) is 0 Å². The average molecular weight is 282 g/mol. The van der Waals surface area contributed by atoms with E-state index in [9.17, 15) is 0 Å². The SMILES string of the molecule is ClCC(CCl)Cc1cccc(Br)c1. The minimum Gasteiger partial charge on any atom is -0.126 e. The summed E-state index contributed by atoms with van der Waals surface area (Å²) in [6.45, 7) is 0. The van der Waals surface area contributed by atoms with Gasteiger partial charge in [-0.3, -0.25) is 0 Å². The van der Waals surface area contributed by atoms with Gasteiger partial charge in [0, 0.05) is 16.2 Å².